The number of hydrogen-bond donors (Lipinski definition) is 1. The summed E-state index contributed by atoms with van der Waals surface area (Å²) in [7, 11) is 1.56. The Morgan fingerprint density at radius 1 is 0.974 bits per heavy atom. The van der Waals surface area contributed by atoms with Crippen LogP contribution in [-0.2, 0) is 33.9 Å². The summed E-state index contributed by atoms with van der Waals surface area (Å²) >= 11 is 0. The molecule has 1 aliphatic carbocycles. The molecule has 0 bridgehead atoms. The van der Waals surface area contributed by atoms with Crippen molar-refractivity contribution in [3.05, 3.63) is 95.1 Å². The van der Waals surface area contributed by atoms with Gasteiger partial charge in [-0.05, 0) is 35.6 Å². The van der Waals surface area contributed by atoms with Crippen molar-refractivity contribution < 1.29 is 28.9 Å². The van der Waals surface area contributed by atoms with Gasteiger partial charge in [0.05, 0.1) is 13.2 Å². The molecule has 7 nitrogen and oxygen atoms in total. The van der Waals surface area contributed by atoms with Gasteiger partial charge in [0.25, 0.3) is 5.91 Å². The van der Waals surface area contributed by atoms with Crippen LogP contribution >= 0.6 is 0 Å². The fourth-order valence-corrected chi connectivity index (χ4v) is 5.39. The molecule has 1 saturated carbocycles. The van der Waals surface area contributed by atoms with Crippen LogP contribution in [0.25, 0.3) is 0 Å². The van der Waals surface area contributed by atoms with Crippen LogP contribution in [0.4, 0.5) is 0 Å². The van der Waals surface area contributed by atoms with Gasteiger partial charge in [-0.2, -0.15) is 0 Å². The maximum Gasteiger partial charge on any atom is 0.326 e. The number of fused-ring (bicyclic) bond motifs is 1. The molecule has 7 heteroatoms. The number of carboxylic acids is 1. The van der Waals surface area contributed by atoms with E-state index < -0.39 is 18.1 Å². The van der Waals surface area contributed by atoms with E-state index in [1.165, 1.54) is 4.90 Å². The number of carbonyl (C=O) groups excluding carboxylic acids is 1. The summed E-state index contributed by atoms with van der Waals surface area (Å²) < 4.78 is 18.1. The van der Waals surface area contributed by atoms with E-state index in [-0.39, 0.29) is 25.0 Å². The molecule has 198 valence electrons. The molecule has 2 atom stereocenters. The van der Waals surface area contributed by atoms with Gasteiger partial charge in [-0.25, -0.2) is 4.79 Å². The average Bonchev–Trinajstić information content (AvgIpc) is 3.48. The number of carbonyl (C=O) groups is 2. The van der Waals surface area contributed by atoms with Gasteiger partial charge in [0.2, 0.25) is 0 Å². The number of rotatable bonds is 9. The lowest BCUT2D eigenvalue weighted by atomic mass is 9.91. The van der Waals surface area contributed by atoms with E-state index in [1.54, 1.807) is 7.11 Å². The molecule has 1 aliphatic heterocycles. The molecule has 1 fully saturated rings. The summed E-state index contributed by atoms with van der Waals surface area (Å²) in [6.07, 6.45) is 3.21. The van der Waals surface area contributed by atoms with Gasteiger partial charge in [0.15, 0.2) is 17.6 Å². The number of benzene rings is 3. The summed E-state index contributed by atoms with van der Waals surface area (Å²) in [5, 5.41) is 10.2. The number of hydrogen-bond acceptors (Lipinski definition) is 5. The normalized spacial score (nSPS) is 18.0. The Kier molecular flexibility index (Phi) is 7.94. The molecule has 2 aliphatic rings. The van der Waals surface area contributed by atoms with Gasteiger partial charge in [0.1, 0.15) is 12.6 Å². The lowest BCUT2D eigenvalue weighted by molar-refractivity contribution is -0.160. The summed E-state index contributed by atoms with van der Waals surface area (Å²) in [5.41, 5.74) is 3.32. The smallest absolute Gasteiger partial charge is 0.326 e. The topological polar surface area (TPSA) is 85.3 Å². The van der Waals surface area contributed by atoms with Gasteiger partial charge in [-0.3, -0.25) is 4.79 Å². The van der Waals surface area contributed by atoms with Crippen LogP contribution < -0.4 is 9.47 Å². The van der Waals surface area contributed by atoms with Crippen LogP contribution in [0.3, 0.4) is 0 Å². The second-order valence-electron chi connectivity index (χ2n) is 9.87. The average molecular weight is 516 g/mol. The number of nitrogens with zero attached hydrogens (tertiary/aromatic N) is 1. The van der Waals surface area contributed by atoms with Crippen molar-refractivity contribution in [2.45, 2.75) is 63.5 Å². The Bertz CT molecular complexity index is 1260. The Morgan fingerprint density at radius 3 is 2.32 bits per heavy atom. The van der Waals surface area contributed by atoms with Crippen molar-refractivity contribution in [1.82, 2.24) is 4.90 Å². The molecule has 1 amide bonds. The number of amides is 1. The lowest BCUT2D eigenvalue weighted by Crippen LogP contribution is -2.50. The minimum Gasteiger partial charge on any atom is -0.493 e. The summed E-state index contributed by atoms with van der Waals surface area (Å²) in [5.74, 6) is -0.332. The standard InChI is InChI=1S/C31H33NO6/c1-36-27-17-16-23-19-32(30(33)28(22-12-6-3-7-13-22)38-24-14-8-9-15-24)26(31(34)35)18-25(23)29(27)37-20-21-10-4-2-5-11-21/h2-7,10-13,16-17,24,26,28H,8-9,14-15,18-20H2,1H3,(H,34,35)/t26-,28?/m1/s1. The van der Waals surface area contributed by atoms with E-state index in [1.807, 2.05) is 72.8 Å². The Hall–Kier alpha value is -3.84. The van der Waals surface area contributed by atoms with Gasteiger partial charge < -0.3 is 24.2 Å². The molecule has 0 radical (unpaired) electrons. The van der Waals surface area contributed by atoms with E-state index in [0.29, 0.717) is 18.1 Å². The molecule has 1 unspecified atom stereocenters. The summed E-state index contributed by atoms with van der Waals surface area (Å²) in [6, 6.07) is 21.8. The van der Waals surface area contributed by atoms with Crippen LogP contribution in [-0.4, -0.2) is 41.1 Å². The molecule has 3 aromatic carbocycles. The highest BCUT2D eigenvalue weighted by Crippen LogP contribution is 2.40. The zero-order valence-corrected chi connectivity index (χ0v) is 21.5. The minimum absolute atomic E-state index is 0.00763. The zero-order chi connectivity index (χ0) is 26.5. The van der Waals surface area contributed by atoms with Gasteiger partial charge in [0, 0.05) is 18.5 Å². The maximum absolute atomic E-state index is 14.0. The van der Waals surface area contributed by atoms with Gasteiger partial charge >= 0.3 is 5.97 Å². The van der Waals surface area contributed by atoms with Crippen molar-refractivity contribution in [2.24, 2.45) is 0 Å². The van der Waals surface area contributed by atoms with E-state index in [2.05, 4.69) is 0 Å². The maximum atomic E-state index is 14.0. The monoisotopic (exact) mass is 515 g/mol. The minimum atomic E-state index is -1.06. The molecular formula is C31H33NO6. The highest BCUT2D eigenvalue weighted by Gasteiger charge is 2.41. The lowest BCUT2D eigenvalue weighted by Gasteiger charge is -2.37. The Balaban J connectivity index is 1.46. The predicted octanol–water partition coefficient (Wildman–Crippen LogP) is 5.31. The third kappa shape index (κ3) is 5.53. The van der Waals surface area contributed by atoms with Crippen LogP contribution in [0.5, 0.6) is 11.5 Å². The van der Waals surface area contributed by atoms with E-state index in [0.717, 1.165) is 47.9 Å². The van der Waals surface area contributed by atoms with Crippen molar-refractivity contribution >= 4 is 11.9 Å². The van der Waals surface area contributed by atoms with Crippen molar-refractivity contribution in [3.63, 3.8) is 0 Å². The second kappa shape index (κ2) is 11.7. The fraction of sp³-hybridized carbons (Fsp3) is 0.355. The second-order valence-corrected chi connectivity index (χ2v) is 9.87. The van der Waals surface area contributed by atoms with Crippen molar-refractivity contribution in [3.8, 4) is 11.5 Å². The Labute approximate surface area is 222 Å². The van der Waals surface area contributed by atoms with Gasteiger partial charge in [-0.1, -0.05) is 79.6 Å². The number of ether oxygens (including phenoxy) is 3. The highest BCUT2D eigenvalue weighted by atomic mass is 16.5. The molecule has 1 N–H and O–H groups in total. The van der Waals surface area contributed by atoms with E-state index in [4.69, 9.17) is 14.2 Å². The zero-order valence-electron chi connectivity index (χ0n) is 21.5. The first-order chi connectivity index (χ1) is 18.5. The predicted molar refractivity (Wildman–Crippen MR) is 142 cm³/mol. The number of methoxy groups -OCH3 is 1. The molecule has 0 aromatic heterocycles. The van der Waals surface area contributed by atoms with Crippen LogP contribution in [0.2, 0.25) is 0 Å². The van der Waals surface area contributed by atoms with E-state index >= 15 is 0 Å². The van der Waals surface area contributed by atoms with Crippen molar-refractivity contribution in [2.75, 3.05) is 7.11 Å². The van der Waals surface area contributed by atoms with Gasteiger partial charge in [-0.15, -0.1) is 0 Å². The largest absolute Gasteiger partial charge is 0.493 e. The fourth-order valence-electron chi connectivity index (χ4n) is 5.39. The van der Waals surface area contributed by atoms with Crippen LogP contribution in [0.15, 0.2) is 72.8 Å². The molecule has 38 heavy (non-hydrogen) atoms. The molecule has 0 saturated heterocycles. The third-order valence-electron chi connectivity index (χ3n) is 7.41. The quantitative estimate of drug-likeness (QED) is 0.416. The Morgan fingerprint density at radius 2 is 1.66 bits per heavy atom. The first-order valence-corrected chi connectivity index (χ1v) is 13.1. The molecular weight excluding hydrogens is 482 g/mol. The summed E-state index contributed by atoms with van der Waals surface area (Å²) in [6.45, 7) is 0.466. The van der Waals surface area contributed by atoms with E-state index in [9.17, 15) is 14.7 Å². The van der Waals surface area contributed by atoms with Crippen molar-refractivity contribution in [1.29, 1.82) is 0 Å². The number of aliphatic carboxylic acids is 1. The molecule has 3 aromatic rings. The first-order valence-electron chi connectivity index (χ1n) is 13.1. The third-order valence-corrected chi connectivity index (χ3v) is 7.41. The summed E-state index contributed by atoms with van der Waals surface area (Å²) in [4.78, 5) is 28.0. The van der Waals surface area contributed by atoms with Crippen LogP contribution in [0.1, 0.15) is 54.0 Å². The van der Waals surface area contributed by atoms with Crippen LogP contribution in [0, 0.1) is 0 Å². The highest BCUT2D eigenvalue weighted by molar-refractivity contribution is 5.88. The molecule has 5 rings (SSSR count). The molecule has 0 spiro atoms. The molecule has 1 heterocycles. The SMILES string of the molecule is COc1ccc2c(c1OCc1ccccc1)C[C@H](C(=O)O)N(C(=O)C(OC1CCCC1)c1ccccc1)C2. The number of carboxylic acid groups (broad SMARTS) is 1. The first kappa shape index (κ1) is 25.8.